The van der Waals surface area contributed by atoms with Crippen LogP contribution in [0.5, 0.6) is 0 Å². The highest BCUT2D eigenvalue weighted by Crippen LogP contribution is 2.31. The second kappa shape index (κ2) is 7.54. The fourth-order valence-corrected chi connectivity index (χ4v) is 3.50. The van der Waals surface area contributed by atoms with Crippen LogP contribution in [0.2, 0.25) is 0 Å². The minimum atomic E-state index is -5.71. The number of anilines is 1. The topological polar surface area (TPSA) is 92.5 Å². The van der Waals surface area contributed by atoms with E-state index in [1.165, 1.54) is 6.07 Å². The fourth-order valence-electron chi connectivity index (χ4n) is 3.04. The lowest BCUT2D eigenvalue weighted by molar-refractivity contribution is -0.0656. The zero-order valence-electron chi connectivity index (χ0n) is 15.6. The number of fused-ring (bicyclic) bond motifs is 1. The Morgan fingerprint density at radius 3 is 2.86 bits per heavy atom. The van der Waals surface area contributed by atoms with E-state index in [9.17, 15) is 26.9 Å². The number of alkyl halides is 3. The van der Waals surface area contributed by atoms with Gasteiger partial charge >= 0.3 is 15.6 Å². The number of morpholine rings is 1. The molecule has 2 heterocycles. The number of ether oxygens (including phenoxy) is 1. The first kappa shape index (κ1) is 18.9. The molecular weight excluding hydrogens is 399 g/mol. The number of nitrogens with zero attached hydrogens (tertiary/aromatic N) is 3. The van der Waals surface area contributed by atoms with Gasteiger partial charge in [-0.25, -0.2) is 0 Å². The van der Waals surface area contributed by atoms with E-state index in [-0.39, 0.29) is 18.3 Å². The van der Waals surface area contributed by atoms with Gasteiger partial charge in [-0.3, -0.25) is 9.17 Å². The molecule has 1 fully saturated rings. The van der Waals surface area contributed by atoms with Crippen molar-refractivity contribution in [1.29, 1.82) is 5.26 Å². The van der Waals surface area contributed by atoms with Gasteiger partial charge < -0.3 is 9.64 Å². The maximum Gasteiger partial charge on any atom is 0.523 e. The van der Waals surface area contributed by atoms with E-state index in [1.807, 2.05) is 6.07 Å². The van der Waals surface area contributed by atoms with Gasteiger partial charge in [0.2, 0.25) is 0 Å². The molecule has 28 heavy (non-hydrogen) atoms. The summed E-state index contributed by atoms with van der Waals surface area (Å²) in [4.78, 5) is 5.90. The van der Waals surface area contributed by atoms with Crippen molar-refractivity contribution < 1.29 is 31.9 Å². The first-order valence-electron chi connectivity index (χ1n) is 8.68. The second-order valence-corrected chi connectivity index (χ2v) is 7.85. The van der Waals surface area contributed by atoms with E-state index in [4.69, 9.17) is 6.11 Å². The van der Waals surface area contributed by atoms with Gasteiger partial charge in [-0.1, -0.05) is 0 Å². The number of pyridine rings is 1. The van der Waals surface area contributed by atoms with Crippen molar-refractivity contribution in [2.24, 2.45) is 0 Å². The van der Waals surface area contributed by atoms with Crippen LogP contribution in [-0.2, 0) is 19.0 Å². The maximum absolute atomic E-state index is 12.5. The Kier molecular flexibility index (Phi) is 5.09. The average Bonchev–Trinajstić information content (AvgIpc) is 2.64. The minimum absolute atomic E-state index is 0.00914. The molecule has 0 radical (unpaired) electrons. The number of nitriles is 1. The molecule has 0 aliphatic carbocycles. The number of halogens is 3. The van der Waals surface area contributed by atoms with Crippen molar-refractivity contribution >= 4 is 26.7 Å². The highest BCUT2D eigenvalue weighted by molar-refractivity contribution is 7.87. The van der Waals surface area contributed by atoms with E-state index in [1.54, 1.807) is 30.0 Å². The Labute approximate surface area is 160 Å². The standard InChI is InChI=1S/C17H16F3N3O4S/c1-11-8-23(9-13(27-11)10-26-28(24,25)17(18,19)20)15-5-4-12(7-21)16-14(15)3-2-6-22-16/h2-6,11,13H,8-10H2,1H3/t11-,13-/m1/s1/i6D. The molecule has 0 unspecified atom stereocenters. The van der Waals surface area contributed by atoms with E-state index in [2.05, 4.69) is 9.17 Å². The Bertz CT molecular complexity index is 1070. The van der Waals surface area contributed by atoms with Gasteiger partial charge in [0.15, 0.2) is 0 Å². The third kappa shape index (κ3) is 4.04. The van der Waals surface area contributed by atoms with Crippen LogP contribution in [0, 0.1) is 11.3 Å². The first-order chi connectivity index (χ1) is 13.5. The van der Waals surface area contributed by atoms with Crippen LogP contribution in [-0.4, -0.2) is 50.8 Å². The van der Waals surface area contributed by atoms with Crippen LogP contribution >= 0.6 is 0 Å². The van der Waals surface area contributed by atoms with Gasteiger partial charge in [0.25, 0.3) is 0 Å². The van der Waals surface area contributed by atoms with Crippen molar-refractivity contribution in [1.82, 2.24) is 4.98 Å². The predicted molar refractivity (Wildman–Crippen MR) is 93.9 cm³/mol. The lowest BCUT2D eigenvalue weighted by Crippen LogP contribution is -2.49. The lowest BCUT2D eigenvalue weighted by atomic mass is 10.1. The van der Waals surface area contributed by atoms with Crippen LogP contribution in [0.25, 0.3) is 10.9 Å². The number of rotatable bonds is 4. The zero-order valence-corrected chi connectivity index (χ0v) is 15.4. The molecule has 1 aliphatic heterocycles. The smallest absolute Gasteiger partial charge is 0.369 e. The third-order valence-corrected chi connectivity index (χ3v) is 5.19. The molecule has 0 amide bonds. The molecule has 1 aromatic carbocycles. The molecule has 2 atom stereocenters. The Hall–Kier alpha value is -2.42. The summed E-state index contributed by atoms with van der Waals surface area (Å²) in [5.74, 6) is 0. The van der Waals surface area contributed by atoms with Crippen LogP contribution < -0.4 is 4.90 Å². The molecule has 150 valence electrons. The summed E-state index contributed by atoms with van der Waals surface area (Å²) in [6, 6.07) is 8.34. The number of hydrogen-bond donors (Lipinski definition) is 0. The number of aromatic nitrogens is 1. The Morgan fingerprint density at radius 1 is 1.43 bits per heavy atom. The van der Waals surface area contributed by atoms with Crippen LogP contribution in [0.4, 0.5) is 18.9 Å². The van der Waals surface area contributed by atoms with Gasteiger partial charge in [0.05, 0.1) is 25.2 Å². The second-order valence-electron chi connectivity index (χ2n) is 6.24. The van der Waals surface area contributed by atoms with Crippen molar-refractivity contribution in [2.75, 3.05) is 24.6 Å². The molecule has 0 saturated carbocycles. The van der Waals surface area contributed by atoms with Crippen molar-refractivity contribution in [2.45, 2.75) is 24.6 Å². The minimum Gasteiger partial charge on any atom is -0.369 e. The Morgan fingerprint density at radius 2 is 2.18 bits per heavy atom. The highest BCUT2D eigenvalue weighted by atomic mass is 32.2. The molecule has 2 aromatic rings. The van der Waals surface area contributed by atoms with Gasteiger partial charge in [-0.2, -0.15) is 26.9 Å². The molecule has 7 nitrogen and oxygen atoms in total. The molecule has 0 spiro atoms. The summed E-state index contributed by atoms with van der Waals surface area (Å²) in [6.07, 6.45) is -1.35. The molecule has 1 aliphatic rings. The molecule has 0 N–H and O–H groups in total. The highest BCUT2D eigenvalue weighted by Gasteiger charge is 2.47. The third-order valence-electron chi connectivity index (χ3n) is 4.17. The van der Waals surface area contributed by atoms with Gasteiger partial charge in [-0.15, -0.1) is 0 Å². The van der Waals surface area contributed by atoms with Crippen molar-refractivity contribution in [3.63, 3.8) is 0 Å². The summed E-state index contributed by atoms with van der Waals surface area (Å²) in [6.45, 7) is 1.36. The lowest BCUT2D eigenvalue weighted by Gasteiger charge is -2.38. The van der Waals surface area contributed by atoms with Crippen LogP contribution in [0.1, 0.15) is 13.9 Å². The number of hydrogen-bond acceptors (Lipinski definition) is 7. The normalized spacial score (nSPS) is 21.4. The van der Waals surface area contributed by atoms with E-state index >= 15 is 0 Å². The molecule has 1 aromatic heterocycles. The predicted octanol–water partition coefficient (Wildman–Crippen LogP) is 2.57. The van der Waals surface area contributed by atoms with Crippen LogP contribution in [0.15, 0.2) is 30.4 Å². The Balaban J connectivity index is 1.87. The molecule has 11 heteroatoms. The quantitative estimate of drug-likeness (QED) is 0.559. The van der Waals surface area contributed by atoms with Crippen LogP contribution in [0.3, 0.4) is 0 Å². The average molecular weight is 416 g/mol. The van der Waals surface area contributed by atoms with Gasteiger partial charge in [-0.05, 0) is 31.2 Å². The zero-order chi connectivity index (χ0) is 21.4. The van der Waals surface area contributed by atoms with E-state index in [0.717, 1.165) is 0 Å². The fraction of sp³-hybridized carbons (Fsp3) is 0.412. The summed E-state index contributed by atoms with van der Waals surface area (Å²) < 4.78 is 77.0. The van der Waals surface area contributed by atoms with E-state index in [0.29, 0.717) is 23.1 Å². The molecule has 0 bridgehead atoms. The summed E-state index contributed by atoms with van der Waals surface area (Å²) in [5.41, 5.74) is -4.24. The molecule has 1 saturated heterocycles. The SMILES string of the molecule is [2H]c1ccc2c(N3C[C@H](COS(=O)(=O)C(F)(F)F)O[C@H](C)C3)ccc(C#N)c2n1. The van der Waals surface area contributed by atoms with Crippen molar-refractivity contribution in [3.05, 3.63) is 36.0 Å². The molecule has 3 rings (SSSR count). The van der Waals surface area contributed by atoms with Crippen molar-refractivity contribution in [3.8, 4) is 6.07 Å². The van der Waals surface area contributed by atoms with Gasteiger partial charge in [0, 0.05) is 30.3 Å². The summed E-state index contributed by atoms with van der Waals surface area (Å²) in [7, 11) is -5.71. The molecular formula is C17H16F3N3O4S. The first-order valence-corrected chi connectivity index (χ1v) is 9.59. The number of benzene rings is 1. The maximum atomic E-state index is 12.5. The summed E-state index contributed by atoms with van der Waals surface area (Å²) in [5, 5.41) is 9.87. The van der Waals surface area contributed by atoms with Gasteiger partial charge in [0.1, 0.15) is 12.2 Å². The monoisotopic (exact) mass is 416 g/mol. The summed E-state index contributed by atoms with van der Waals surface area (Å²) >= 11 is 0. The largest absolute Gasteiger partial charge is 0.523 e. The van der Waals surface area contributed by atoms with E-state index < -0.39 is 34.4 Å².